The molecule has 1 rings (SSSR count). The molecule has 0 spiro atoms. The molecular weight excluding hydrogens is 226 g/mol. The van der Waals surface area contributed by atoms with Gasteiger partial charge in [0.2, 0.25) is 0 Å². The van der Waals surface area contributed by atoms with E-state index in [2.05, 4.69) is 22.0 Å². The molecule has 1 N–H and O–H groups in total. The van der Waals surface area contributed by atoms with Gasteiger partial charge in [0.1, 0.15) is 11.5 Å². The zero-order valence-electron chi connectivity index (χ0n) is 8.51. The summed E-state index contributed by atoms with van der Waals surface area (Å²) in [5.41, 5.74) is 0.398. The van der Waals surface area contributed by atoms with E-state index < -0.39 is 10.1 Å². The van der Waals surface area contributed by atoms with Gasteiger partial charge in [-0.2, -0.15) is 8.42 Å². The second-order valence-electron chi connectivity index (χ2n) is 2.77. The summed E-state index contributed by atoms with van der Waals surface area (Å²) in [6.07, 6.45) is 6.32. The minimum absolute atomic E-state index is 0.0325. The molecule has 0 aliphatic heterocycles. The minimum Gasteiger partial charge on any atom is -0.361 e. The highest BCUT2D eigenvalue weighted by Crippen LogP contribution is 2.22. The van der Waals surface area contributed by atoms with Crippen molar-refractivity contribution in [3.8, 4) is 12.3 Å². The van der Waals surface area contributed by atoms with Crippen LogP contribution >= 0.6 is 0 Å². The van der Waals surface area contributed by atoms with Crippen LogP contribution in [0.2, 0.25) is 0 Å². The molecule has 0 atom stereocenters. The highest BCUT2D eigenvalue weighted by atomic mass is 32.2. The lowest BCUT2D eigenvalue weighted by Gasteiger charge is -2.08. The Morgan fingerprint density at radius 3 is 2.81 bits per heavy atom. The second kappa shape index (κ2) is 5.35. The molecular formula is C11H11NO3S. The van der Waals surface area contributed by atoms with Gasteiger partial charge < -0.3 is 5.32 Å². The molecule has 16 heavy (non-hydrogen) atoms. The van der Waals surface area contributed by atoms with Crippen LogP contribution in [0.15, 0.2) is 41.9 Å². The molecule has 0 aliphatic carbocycles. The van der Waals surface area contributed by atoms with Crippen molar-refractivity contribution in [3.05, 3.63) is 37.0 Å². The SMILES string of the molecule is C#CCOS(=O)(=O)c1ccccc1NC=C. The Hall–Kier alpha value is -1.77. The number of rotatable bonds is 5. The van der Waals surface area contributed by atoms with Crippen molar-refractivity contribution in [1.29, 1.82) is 0 Å². The van der Waals surface area contributed by atoms with E-state index in [-0.39, 0.29) is 11.5 Å². The van der Waals surface area contributed by atoms with E-state index in [1.165, 1.54) is 12.3 Å². The third-order valence-corrected chi connectivity index (χ3v) is 3.03. The van der Waals surface area contributed by atoms with E-state index >= 15 is 0 Å². The summed E-state index contributed by atoms with van der Waals surface area (Å²) in [4.78, 5) is 0.0325. The maximum absolute atomic E-state index is 11.7. The van der Waals surface area contributed by atoms with Crippen LogP contribution in [0.5, 0.6) is 0 Å². The number of benzene rings is 1. The number of anilines is 1. The fourth-order valence-electron chi connectivity index (χ4n) is 1.09. The quantitative estimate of drug-likeness (QED) is 0.624. The highest BCUT2D eigenvalue weighted by molar-refractivity contribution is 7.87. The third-order valence-electron chi connectivity index (χ3n) is 1.71. The molecule has 0 saturated carbocycles. The fourth-order valence-corrected chi connectivity index (χ4v) is 2.08. The lowest BCUT2D eigenvalue weighted by Crippen LogP contribution is -2.08. The van der Waals surface area contributed by atoms with E-state index in [0.717, 1.165) is 0 Å². The number of para-hydroxylation sites is 1. The van der Waals surface area contributed by atoms with Gasteiger partial charge in [-0.25, -0.2) is 0 Å². The Morgan fingerprint density at radius 1 is 1.50 bits per heavy atom. The monoisotopic (exact) mass is 237 g/mol. The molecule has 0 radical (unpaired) electrons. The van der Waals surface area contributed by atoms with Crippen LogP contribution in [0.4, 0.5) is 5.69 Å². The predicted molar refractivity (Wildman–Crippen MR) is 62.2 cm³/mol. The topological polar surface area (TPSA) is 55.4 Å². The highest BCUT2D eigenvalue weighted by Gasteiger charge is 2.18. The van der Waals surface area contributed by atoms with Crippen LogP contribution in [-0.4, -0.2) is 15.0 Å². The van der Waals surface area contributed by atoms with Gasteiger partial charge in [0.15, 0.2) is 0 Å². The maximum atomic E-state index is 11.7. The zero-order chi connectivity index (χ0) is 12.0. The summed E-state index contributed by atoms with van der Waals surface area (Å²) in [6, 6.07) is 6.33. The average molecular weight is 237 g/mol. The summed E-state index contributed by atoms with van der Waals surface area (Å²) in [7, 11) is -3.83. The molecule has 0 bridgehead atoms. The first-order valence-corrected chi connectivity index (χ1v) is 5.82. The first kappa shape index (κ1) is 12.3. The number of hydrogen-bond donors (Lipinski definition) is 1. The molecule has 0 aromatic heterocycles. The van der Waals surface area contributed by atoms with Crippen LogP contribution in [0.1, 0.15) is 0 Å². The van der Waals surface area contributed by atoms with E-state index in [9.17, 15) is 8.42 Å². The molecule has 0 heterocycles. The summed E-state index contributed by atoms with van der Waals surface area (Å²) in [5, 5.41) is 2.71. The second-order valence-corrected chi connectivity index (χ2v) is 4.35. The largest absolute Gasteiger partial charge is 0.361 e. The first-order valence-electron chi connectivity index (χ1n) is 4.41. The van der Waals surface area contributed by atoms with Crippen LogP contribution in [0.25, 0.3) is 0 Å². The van der Waals surface area contributed by atoms with Crippen molar-refractivity contribution in [2.24, 2.45) is 0 Å². The van der Waals surface area contributed by atoms with Crippen LogP contribution in [0, 0.1) is 12.3 Å². The predicted octanol–water partition coefficient (Wildman–Crippen LogP) is 1.58. The molecule has 0 saturated heterocycles. The Labute approximate surface area is 95.1 Å². The van der Waals surface area contributed by atoms with Gasteiger partial charge in [0.05, 0.1) is 5.69 Å². The van der Waals surface area contributed by atoms with Gasteiger partial charge in [-0.1, -0.05) is 24.6 Å². The number of nitrogens with one attached hydrogen (secondary N) is 1. The van der Waals surface area contributed by atoms with Gasteiger partial charge in [-0.3, -0.25) is 4.18 Å². The molecule has 84 valence electrons. The normalized spacial score (nSPS) is 10.4. The molecule has 0 amide bonds. The van der Waals surface area contributed by atoms with Crippen molar-refractivity contribution in [3.63, 3.8) is 0 Å². The lowest BCUT2D eigenvalue weighted by molar-refractivity contribution is 0.363. The van der Waals surface area contributed by atoms with Gasteiger partial charge in [-0.15, -0.1) is 6.42 Å². The van der Waals surface area contributed by atoms with Gasteiger partial charge in [-0.05, 0) is 18.3 Å². The Kier molecular flexibility index (Phi) is 4.11. The van der Waals surface area contributed by atoms with Gasteiger partial charge in [0.25, 0.3) is 10.1 Å². The third kappa shape index (κ3) is 2.86. The van der Waals surface area contributed by atoms with Crippen molar-refractivity contribution < 1.29 is 12.6 Å². The standard InChI is InChI=1S/C11H11NO3S/c1-3-9-15-16(13,14)11-8-6-5-7-10(11)12-4-2/h1,4-8,12H,2,9H2. The number of hydrogen-bond acceptors (Lipinski definition) is 4. The summed E-state index contributed by atoms with van der Waals surface area (Å²) < 4.78 is 28.0. The van der Waals surface area contributed by atoms with Crippen LogP contribution in [0.3, 0.4) is 0 Å². The Morgan fingerprint density at radius 2 is 2.19 bits per heavy atom. The molecule has 1 aromatic carbocycles. The van der Waals surface area contributed by atoms with Crippen LogP contribution in [-0.2, 0) is 14.3 Å². The summed E-state index contributed by atoms with van der Waals surface area (Å²) in [6.45, 7) is 3.18. The molecule has 0 unspecified atom stereocenters. The van der Waals surface area contributed by atoms with Gasteiger partial charge in [0, 0.05) is 0 Å². The van der Waals surface area contributed by atoms with Crippen molar-refractivity contribution >= 4 is 15.8 Å². The van der Waals surface area contributed by atoms with E-state index in [4.69, 9.17) is 6.42 Å². The van der Waals surface area contributed by atoms with Crippen molar-refractivity contribution in [2.75, 3.05) is 11.9 Å². The fraction of sp³-hybridized carbons (Fsp3) is 0.0909. The molecule has 0 fully saturated rings. The minimum atomic E-state index is -3.83. The number of terminal acetylenes is 1. The van der Waals surface area contributed by atoms with Crippen molar-refractivity contribution in [1.82, 2.24) is 0 Å². The van der Waals surface area contributed by atoms with E-state index in [1.807, 2.05) is 0 Å². The molecule has 4 nitrogen and oxygen atoms in total. The van der Waals surface area contributed by atoms with Gasteiger partial charge >= 0.3 is 0 Å². The van der Waals surface area contributed by atoms with E-state index in [0.29, 0.717) is 5.69 Å². The maximum Gasteiger partial charge on any atom is 0.299 e. The van der Waals surface area contributed by atoms with E-state index in [1.54, 1.807) is 18.2 Å². The lowest BCUT2D eigenvalue weighted by atomic mass is 10.3. The Balaban J connectivity index is 3.12. The smallest absolute Gasteiger partial charge is 0.299 e. The molecule has 1 aromatic rings. The molecule has 5 heteroatoms. The average Bonchev–Trinajstić information content (AvgIpc) is 2.27. The summed E-state index contributed by atoms with van der Waals surface area (Å²) >= 11 is 0. The van der Waals surface area contributed by atoms with Crippen LogP contribution < -0.4 is 5.32 Å². The summed E-state index contributed by atoms with van der Waals surface area (Å²) in [5.74, 6) is 2.10. The zero-order valence-corrected chi connectivity index (χ0v) is 9.33. The first-order chi connectivity index (χ1) is 7.61. The van der Waals surface area contributed by atoms with Crippen molar-refractivity contribution in [2.45, 2.75) is 4.90 Å². The Bertz CT molecular complexity index is 514. The molecule has 0 aliphatic rings.